The predicted octanol–water partition coefficient (Wildman–Crippen LogP) is 3.07. The zero-order valence-electron chi connectivity index (χ0n) is 18.4. The fourth-order valence-corrected chi connectivity index (χ4v) is 3.96. The minimum absolute atomic E-state index is 0.164. The lowest BCUT2D eigenvalue weighted by molar-refractivity contribution is -0.122. The Morgan fingerprint density at radius 1 is 0.625 bits per heavy atom. The molecule has 2 unspecified atom stereocenters. The van der Waals surface area contributed by atoms with E-state index in [1.165, 1.54) is 0 Å². The summed E-state index contributed by atoms with van der Waals surface area (Å²) in [6, 6.07) is 23.9. The average Bonchev–Trinajstić information content (AvgIpc) is 2.86. The zero-order chi connectivity index (χ0) is 23.1. The molecule has 0 radical (unpaired) electrons. The Morgan fingerprint density at radius 2 is 1.22 bits per heavy atom. The Kier molecular flexibility index (Phi) is 7.39. The molecule has 0 bridgehead atoms. The number of hydrogen-bond donors (Lipinski definition) is 3. The third-order valence-electron chi connectivity index (χ3n) is 5.55. The molecule has 6 heteroatoms. The van der Waals surface area contributed by atoms with Gasteiger partial charge >= 0.3 is 0 Å². The molecular formula is C26H27N3O3. The van der Waals surface area contributed by atoms with Gasteiger partial charge in [0.05, 0.1) is 5.92 Å². The number of likely N-dealkylation sites (N-methyl/N-ethyl adjacent to an activating group) is 1. The minimum Gasteiger partial charge on any atom is -0.359 e. The van der Waals surface area contributed by atoms with Gasteiger partial charge in [0, 0.05) is 38.2 Å². The molecule has 3 N–H and O–H groups in total. The van der Waals surface area contributed by atoms with E-state index in [0.29, 0.717) is 11.1 Å². The maximum Gasteiger partial charge on any atom is 0.251 e. The van der Waals surface area contributed by atoms with Gasteiger partial charge in [0.15, 0.2) is 0 Å². The predicted molar refractivity (Wildman–Crippen MR) is 125 cm³/mol. The van der Waals surface area contributed by atoms with Crippen LogP contribution in [0.1, 0.15) is 49.2 Å². The molecular weight excluding hydrogens is 402 g/mol. The van der Waals surface area contributed by atoms with E-state index in [-0.39, 0.29) is 17.7 Å². The van der Waals surface area contributed by atoms with Crippen molar-refractivity contribution in [3.63, 3.8) is 0 Å². The largest absolute Gasteiger partial charge is 0.359 e. The molecule has 32 heavy (non-hydrogen) atoms. The Hall–Kier alpha value is -3.93. The first-order valence-corrected chi connectivity index (χ1v) is 10.4. The highest BCUT2D eigenvalue weighted by Gasteiger charge is 2.34. The summed E-state index contributed by atoms with van der Waals surface area (Å²) >= 11 is 0. The summed E-state index contributed by atoms with van der Waals surface area (Å²) in [4.78, 5) is 37.9. The molecule has 0 aliphatic carbocycles. The molecule has 3 aromatic carbocycles. The highest BCUT2D eigenvalue weighted by Crippen LogP contribution is 2.40. The summed E-state index contributed by atoms with van der Waals surface area (Å²) in [5, 5.41) is 8.08. The van der Waals surface area contributed by atoms with Crippen molar-refractivity contribution in [2.24, 2.45) is 0 Å². The lowest BCUT2D eigenvalue weighted by atomic mass is 9.75. The smallest absolute Gasteiger partial charge is 0.251 e. The Labute approximate surface area is 188 Å². The van der Waals surface area contributed by atoms with E-state index in [1.54, 1.807) is 45.4 Å². The van der Waals surface area contributed by atoms with E-state index in [1.807, 2.05) is 54.6 Å². The second kappa shape index (κ2) is 10.4. The summed E-state index contributed by atoms with van der Waals surface area (Å²) < 4.78 is 0. The molecule has 0 aliphatic heterocycles. The quantitative estimate of drug-likeness (QED) is 0.539. The second-order valence-corrected chi connectivity index (χ2v) is 7.35. The first-order chi connectivity index (χ1) is 15.5. The van der Waals surface area contributed by atoms with E-state index in [9.17, 15) is 14.4 Å². The molecule has 0 saturated carbocycles. The van der Waals surface area contributed by atoms with Crippen LogP contribution in [0.2, 0.25) is 0 Å². The van der Waals surface area contributed by atoms with Gasteiger partial charge in [-0.15, -0.1) is 0 Å². The lowest BCUT2D eigenvalue weighted by Crippen LogP contribution is -2.32. The number of nitrogens with one attached hydrogen (secondary N) is 3. The number of rotatable bonds is 7. The number of benzene rings is 3. The first kappa shape index (κ1) is 22.7. The van der Waals surface area contributed by atoms with Crippen molar-refractivity contribution in [1.29, 1.82) is 0 Å². The lowest BCUT2D eigenvalue weighted by Gasteiger charge is -2.29. The average molecular weight is 430 g/mol. The standard InChI is InChI=1S/C26H27N3O3/c1-27-24(30)19-15-13-18(14-16-19)22(20-11-7-8-12-21(20)25(31)28-2)23(26(32)29-3)17-9-5-4-6-10-17/h4-16,22-23H,1-3H3,(H,27,30)(H,28,31)(H,29,32). The van der Waals surface area contributed by atoms with Crippen LogP contribution in [-0.2, 0) is 4.79 Å². The summed E-state index contributed by atoms with van der Waals surface area (Å²) in [5.74, 6) is -1.62. The van der Waals surface area contributed by atoms with Crippen LogP contribution in [0.4, 0.5) is 0 Å². The molecule has 0 fully saturated rings. The van der Waals surface area contributed by atoms with Gasteiger partial charge in [-0.1, -0.05) is 60.7 Å². The summed E-state index contributed by atoms with van der Waals surface area (Å²) in [5.41, 5.74) is 3.41. The number of amides is 3. The molecule has 6 nitrogen and oxygen atoms in total. The summed E-state index contributed by atoms with van der Waals surface area (Å²) in [6.45, 7) is 0. The topological polar surface area (TPSA) is 87.3 Å². The molecule has 164 valence electrons. The SMILES string of the molecule is CNC(=O)c1ccc(C(c2ccccc2C(=O)NC)C(C(=O)NC)c2ccccc2)cc1. The van der Waals surface area contributed by atoms with E-state index in [0.717, 1.165) is 16.7 Å². The molecule has 0 spiro atoms. The maximum absolute atomic E-state index is 13.2. The van der Waals surface area contributed by atoms with E-state index >= 15 is 0 Å². The van der Waals surface area contributed by atoms with Gasteiger partial charge in [0.2, 0.25) is 5.91 Å². The van der Waals surface area contributed by atoms with Crippen molar-refractivity contribution < 1.29 is 14.4 Å². The molecule has 2 atom stereocenters. The maximum atomic E-state index is 13.2. The summed E-state index contributed by atoms with van der Waals surface area (Å²) in [6.07, 6.45) is 0. The normalized spacial score (nSPS) is 12.3. The molecule has 3 aromatic rings. The van der Waals surface area contributed by atoms with Gasteiger partial charge < -0.3 is 16.0 Å². The van der Waals surface area contributed by atoms with E-state index in [2.05, 4.69) is 16.0 Å². The van der Waals surface area contributed by atoms with Gasteiger partial charge in [0.25, 0.3) is 11.8 Å². The summed E-state index contributed by atoms with van der Waals surface area (Å²) in [7, 11) is 4.77. The fourth-order valence-electron chi connectivity index (χ4n) is 3.96. The number of carbonyl (C=O) groups excluding carboxylic acids is 3. The monoisotopic (exact) mass is 429 g/mol. The second-order valence-electron chi connectivity index (χ2n) is 7.35. The Bertz CT molecular complexity index is 1090. The fraction of sp³-hybridized carbons (Fsp3) is 0.192. The zero-order valence-corrected chi connectivity index (χ0v) is 18.4. The highest BCUT2D eigenvalue weighted by atomic mass is 16.2. The van der Waals surface area contributed by atoms with Crippen molar-refractivity contribution in [2.75, 3.05) is 21.1 Å². The Morgan fingerprint density at radius 3 is 1.81 bits per heavy atom. The molecule has 0 aromatic heterocycles. The van der Waals surface area contributed by atoms with E-state index in [4.69, 9.17) is 0 Å². The minimum atomic E-state index is -0.585. The van der Waals surface area contributed by atoms with Gasteiger partial charge in [-0.2, -0.15) is 0 Å². The third-order valence-corrected chi connectivity index (χ3v) is 5.55. The van der Waals surface area contributed by atoms with Crippen molar-refractivity contribution in [2.45, 2.75) is 11.8 Å². The van der Waals surface area contributed by atoms with Crippen LogP contribution in [-0.4, -0.2) is 38.9 Å². The molecule has 0 heterocycles. The van der Waals surface area contributed by atoms with Crippen LogP contribution in [0, 0.1) is 0 Å². The Balaban J connectivity index is 2.25. The number of hydrogen-bond acceptors (Lipinski definition) is 3. The van der Waals surface area contributed by atoms with Crippen molar-refractivity contribution >= 4 is 17.7 Å². The van der Waals surface area contributed by atoms with Gasteiger partial charge in [-0.05, 0) is 34.9 Å². The van der Waals surface area contributed by atoms with Gasteiger partial charge in [-0.25, -0.2) is 0 Å². The van der Waals surface area contributed by atoms with Gasteiger partial charge in [0.1, 0.15) is 0 Å². The van der Waals surface area contributed by atoms with Crippen LogP contribution >= 0.6 is 0 Å². The van der Waals surface area contributed by atoms with Crippen LogP contribution in [0.15, 0.2) is 78.9 Å². The van der Waals surface area contributed by atoms with Crippen molar-refractivity contribution in [1.82, 2.24) is 16.0 Å². The van der Waals surface area contributed by atoms with Crippen LogP contribution in [0.3, 0.4) is 0 Å². The third kappa shape index (κ3) is 4.70. The van der Waals surface area contributed by atoms with Crippen LogP contribution in [0.5, 0.6) is 0 Å². The van der Waals surface area contributed by atoms with E-state index < -0.39 is 11.8 Å². The molecule has 3 amide bonds. The molecule has 0 saturated heterocycles. The van der Waals surface area contributed by atoms with Crippen molar-refractivity contribution in [3.05, 3.63) is 107 Å². The molecule has 3 rings (SSSR count). The van der Waals surface area contributed by atoms with Gasteiger partial charge in [-0.3, -0.25) is 14.4 Å². The first-order valence-electron chi connectivity index (χ1n) is 10.4. The van der Waals surface area contributed by atoms with Crippen LogP contribution < -0.4 is 16.0 Å². The van der Waals surface area contributed by atoms with Crippen LogP contribution in [0.25, 0.3) is 0 Å². The van der Waals surface area contributed by atoms with Crippen molar-refractivity contribution in [3.8, 4) is 0 Å². The highest BCUT2D eigenvalue weighted by molar-refractivity contribution is 5.97. The molecule has 0 aliphatic rings. The number of carbonyl (C=O) groups is 3.